The fourth-order valence-electron chi connectivity index (χ4n) is 1.85. The van der Waals surface area contributed by atoms with Crippen LogP contribution in [0.5, 0.6) is 0 Å². The van der Waals surface area contributed by atoms with Crippen molar-refractivity contribution in [3.8, 4) is 0 Å². The number of rotatable bonds is 5. The highest BCUT2D eigenvalue weighted by atomic mass is 16.5. The topological polar surface area (TPSA) is 36.9 Å². The lowest BCUT2D eigenvalue weighted by Crippen LogP contribution is -2.45. The van der Waals surface area contributed by atoms with Crippen molar-refractivity contribution in [2.45, 2.75) is 19.5 Å². The van der Waals surface area contributed by atoms with E-state index in [0.29, 0.717) is 5.92 Å². The van der Waals surface area contributed by atoms with Gasteiger partial charge in [-0.2, -0.15) is 0 Å². The maximum absolute atomic E-state index is 5.09. The molecule has 0 fully saturated rings. The summed E-state index contributed by atoms with van der Waals surface area (Å²) in [5.41, 5.74) is 1.26. The Morgan fingerprint density at radius 2 is 2.27 bits per heavy atom. The number of likely N-dealkylation sites (N-methyl/N-ethyl adjacent to an activating group) is 1. The zero-order chi connectivity index (χ0) is 11.3. The SMILES string of the molecule is COCC[C@H]1CNC(CN(C)C)N=C1C. The molecule has 1 aliphatic heterocycles. The van der Waals surface area contributed by atoms with Gasteiger partial charge in [-0.15, -0.1) is 0 Å². The molecule has 0 bridgehead atoms. The lowest BCUT2D eigenvalue weighted by atomic mass is 9.99. The summed E-state index contributed by atoms with van der Waals surface area (Å²) in [6.45, 7) is 4.94. The van der Waals surface area contributed by atoms with Gasteiger partial charge < -0.3 is 9.64 Å². The van der Waals surface area contributed by atoms with E-state index in [-0.39, 0.29) is 6.17 Å². The van der Waals surface area contributed by atoms with Crippen LogP contribution >= 0.6 is 0 Å². The number of hydrogen-bond acceptors (Lipinski definition) is 4. The van der Waals surface area contributed by atoms with Gasteiger partial charge in [-0.1, -0.05) is 0 Å². The molecule has 1 rings (SSSR count). The van der Waals surface area contributed by atoms with Crippen LogP contribution in [0.3, 0.4) is 0 Å². The summed E-state index contributed by atoms with van der Waals surface area (Å²) in [7, 11) is 5.89. The van der Waals surface area contributed by atoms with Crippen LogP contribution in [-0.4, -0.2) is 57.7 Å². The summed E-state index contributed by atoms with van der Waals surface area (Å²) in [6, 6.07) is 0. The van der Waals surface area contributed by atoms with E-state index < -0.39 is 0 Å². The van der Waals surface area contributed by atoms with Gasteiger partial charge in [0.1, 0.15) is 6.17 Å². The first-order chi connectivity index (χ1) is 7.13. The largest absolute Gasteiger partial charge is 0.385 e. The maximum Gasteiger partial charge on any atom is 0.112 e. The molecule has 0 spiro atoms. The third kappa shape index (κ3) is 4.28. The Balaban J connectivity index is 2.42. The van der Waals surface area contributed by atoms with Gasteiger partial charge in [0, 0.05) is 38.4 Å². The van der Waals surface area contributed by atoms with E-state index in [1.165, 1.54) is 5.71 Å². The molecule has 0 aliphatic carbocycles. The van der Waals surface area contributed by atoms with E-state index in [2.05, 4.69) is 36.2 Å². The molecule has 15 heavy (non-hydrogen) atoms. The molecule has 0 aromatic heterocycles. The second kappa shape index (κ2) is 6.20. The normalized spacial score (nSPS) is 26.9. The van der Waals surface area contributed by atoms with Crippen molar-refractivity contribution in [2.75, 3.05) is 40.9 Å². The zero-order valence-corrected chi connectivity index (χ0v) is 10.3. The first-order valence-corrected chi connectivity index (χ1v) is 5.55. The number of hydrogen-bond donors (Lipinski definition) is 1. The molecule has 1 unspecified atom stereocenters. The molecular weight excluding hydrogens is 190 g/mol. The first kappa shape index (κ1) is 12.6. The molecule has 1 N–H and O–H groups in total. The van der Waals surface area contributed by atoms with Crippen LogP contribution in [0.15, 0.2) is 4.99 Å². The predicted molar refractivity (Wildman–Crippen MR) is 63.4 cm³/mol. The smallest absolute Gasteiger partial charge is 0.112 e. The van der Waals surface area contributed by atoms with Crippen molar-refractivity contribution in [3.05, 3.63) is 0 Å². The van der Waals surface area contributed by atoms with E-state index in [0.717, 1.165) is 26.1 Å². The van der Waals surface area contributed by atoms with Crippen molar-refractivity contribution in [1.82, 2.24) is 10.2 Å². The Bertz CT molecular complexity index is 216. The van der Waals surface area contributed by atoms with E-state index >= 15 is 0 Å². The number of ether oxygens (including phenoxy) is 1. The van der Waals surface area contributed by atoms with Gasteiger partial charge in [-0.05, 0) is 27.4 Å². The average Bonchev–Trinajstić information content (AvgIpc) is 2.15. The van der Waals surface area contributed by atoms with E-state index in [1.54, 1.807) is 7.11 Å². The van der Waals surface area contributed by atoms with Crippen LogP contribution in [0.25, 0.3) is 0 Å². The summed E-state index contributed by atoms with van der Waals surface area (Å²) >= 11 is 0. The minimum Gasteiger partial charge on any atom is -0.385 e. The Kier molecular flexibility index (Phi) is 5.22. The molecule has 4 heteroatoms. The van der Waals surface area contributed by atoms with Crippen LogP contribution in [-0.2, 0) is 4.74 Å². The molecule has 0 saturated heterocycles. The Hall–Kier alpha value is -0.450. The van der Waals surface area contributed by atoms with Gasteiger partial charge in [0.25, 0.3) is 0 Å². The molecule has 1 aliphatic rings. The van der Waals surface area contributed by atoms with E-state index in [9.17, 15) is 0 Å². The number of aliphatic imine (C=N–C) groups is 1. The van der Waals surface area contributed by atoms with E-state index in [1.807, 2.05) is 0 Å². The molecule has 0 amide bonds. The third-order valence-corrected chi connectivity index (χ3v) is 2.76. The highest BCUT2D eigenvalue weighted by Gasteiger charge is 2.20. The zero-order valence-electron chi connectivity index (χ0n) is 10.3. The minimum absolute atomic E-state index is 0.263. The molecular formula is C11H23N3O. The van der Waals surface area contributed by atoms with Crippen LogP contribution in [0.2, 0.25) is 0 Å². The van der Waals surface area contributed by atoms with Gasteiger partial charge in [-0.3, -0.25) is 10.3 Å². The molecule has 0 aromatic carbocycles. The summed E-state index contributed by atoms with van der Waals surface area (Å²) in [5, 5.41) is 3.46. The van der Waals surface area contributed by atoms with Crippen LogP contribution < -0.4 is 5.32 Å². The quantitative estimate of drug-likeness (QED) is 0.726. The van der Waals surface area contributed by atoms with Crippen LogP contribution in [0.4, 0.5) is 0 Å². The van der Waals surface area contributed by atoms with Crippen LogP contribution in [0.1, 0.15) is 13.3 Å². The van der Waals surface area contributed by atoms with Gasteiger partial charge in [0.2, 0.25) is 0 Å². The van der Waals surface area contributed by atoms with Crippen LogP contribution in [0, 0.1) is 5.92 Å². The average molecular weight is 213 g/mol. The lowest BCUT2D eigenvalue weighted by molar-refractivity contribution is 0.183. The predicted octanol–water partition coefficient (Wildman–Crippen LogP) is 0.591. The Labute approximate surface area is 92.7 Å². The van der Waals surface area contributed by atoms with Gasteiger partial charge in [0.05, 0.1) is 0 Å². The van der Waals surface area contributed by atoms with Gasteiger partial charge in [-0.25, -0.2) is 0 Å². The molecule has 1 heterocycles. The minimum atomic E-state index is 0.263. The molecule has 2 atom stereocenters. The number of methoxy groups -OCH3 is 1. The molecule has 88 valence electrons. The number of nitrogens with zero attached hydrogens (tertiary/aromatic N) is 2. The summed E-state index contributed by atoms with van der Waals surface area (Å²) in [6.07, 6.45) is 1.33. The standard InChI is InChI=1S/C11H23N3O/c1-9-10(5-6-15-4)7-12-11(13-9)8-14(2)3/h10-12H,5-8H2,1-4H3/t10-,11?/m0/s1. The molecule has 0 radical (unpaired) electrons. The molecule has 4 nitrogen and oxygen atoms in total. The molecule has 0 saturated carbocycles. The van der Waals surface area contributed by atoms with Crippen molar-refractivity contribution in [2.24, 2.45) is 10.9 Å². The second-order valence-electron chi connectivity index (χ2n) is 4.44. The highest BCUT2D eigenvalue weighted by molar-refractivity contribution is 5.85. The number of nitrogens with one attached hydrogen (secondary N) is 1. The Morgan fingerprint density at radius 3 is 2.80 bits per heavy atom. The monoisotopic (exact) mass is 213 g/mol. The van der Waals surface area contributed by atoms with Crippen molar-refractivity contribution >= 4 is 5.71 Å². The highest BCUT2D eigenvalue weighted by Crippen LogP contribution is 2.11. The second-order valence-corrected chi connectivity index (χ2v) is 4.44. The van der Waals surface area contributed by atoms with Crippen molar-refractivity contribution in [1.29, 1.82) is 0 Å². The fourth-order valence-corrected chi connectivity index (χ4v) is 1.85. The summed E-state index contributed by atoms with van der Waals surface area (Å²) in [4.78, 5) is 6.82. The fraction of sp³-hybridized carbons (Fsp3) is 0.909. The lowest BCUT2D eigenvalue weighted by Gasteiger charge is -2.29. The van der Waals surface area contributed by atoms with Crippen molar-refractivity contribution < 1.29 is 4.74 Å². The maximum atomic E-state index is 5.09. The van der Waals surface area contributed by atoms with Gasteiger partial charge in [0.15, 0.2) is 0 Å². The third-order valence-electron chi connectivity index (χ3n) is 2.76. The van der Waals surface area contributed by atoms with E-state index in [4.69, 9.17) is 4.74 Å². The summed E-state index contributed by atoms with van der Waals surface area (Å²) < 4.78 is 5.09. The summed E-state index contributed by atoms with van der Waals surface area (Å²) in [5.74, 6) is 0.545. The van der Waals surface area contributed by atoms with Gasteiger partial charge >= 0.3 is 0 Å². The Morgan fingerprint density at radius 1 is 1.53 bits per heavy atom. The first-order valence-electron chi connectivity index (χ1n) is 5.55. The molecule has 0 aromatic rings. The van der Waals surface area contributed by atoms with Crippen molar-refractivity contribution in [3.63, 3.8) is 0 Å².